The fourth-order valence-corrected chi connectivity index (χ4v) is 5.11. The molecular formula is C24H34N2O5S. The molecule has 1 amide bonds. The molecule has 0 heterocycles. The number of unbranched alkanes of at least 4 members (excludes halogenated alkanes) is 4. The second kappa shape index (κ2) is 12.6. The molecule has 0 fully saturated rings. The summed E-state index contributed by atoms with van der Waals surface area (Å²) in [6, 6.07) is 10.6. The van der Waals surface area contributed by atoms with Crippen LogP contribution >= 0.6 is 0 Å². The van der Waals surface area contributed by atoms with Gasteiger partial charge in [-0.15, -0.1) is 0 Å². The Labute approximate surface area is 190 Å². The van der Waals surface area contributed by atoms with Crippen LogP contribution in [0.3, 0.4) is 0 Å². The number of aliphatic carboxylic acids is 1. The molecule has 2 rings (SSSR count). The van der Waals surface area contributed by atoms with Gasteiger partial charge in [-0.2, -0.15) is 4.72 Å². The Hall–Kier alpha value is -2.45. The number of sulfonamides is 1. The van der Waals surface area contributed by atoms with Gasteiger partial charge in [-0.25, -0.2) is 8.42 Å². The minimum Gasteiger partial charge on any atom is -0.481 e. The standard InChI is InChI=1S/C24H34N2O5S/c1-3-5-9-16-26(17-10-6-4-2)24(29)21(18-23(27)28)25-32(30,31)22-15-11-13-19-12-7-8-14-20(19)22/h7-8,11-15,21,25H,3-6,9-10,16-18H2,1-2H3,(H,27,28)/t21-/m0/s1. The molecule has 0 aromatic heterocycles. The van der Waals surface area contributed by atoms with Gasteiger partial charge in [0.2, 0.25) is 15.9 Å². The van der Waals surface area contributed by atoms with E-state index in [1.54, 1.807) is 35.2 Å². The van der Waals surface area contributed by atoms with Gasteiger partial charge in [0.25, 0.3) is 0 Å². The summed E-state index contributed by atoms with van der Waals surface area (Å²) in [6.07, 6.45) is 4.85. The molecule has 2 aromatic rings. The fraction of sp³-hybridized carbons (Fsp3) is 0.500. The molecule has 0 saturated carbocycles. The topological polar surface area (TPSA) is 104 Å². The third-order valence-corrected chi connectivity index (χ3v) is 6.92. The summed E-state index contributed by atoms with van der Waals surface area (Å²) in [6.45, 7) is 5.11. The smallest absolute Gasteiger partial charge is 0.305 e. The van der Waals surface area contributed by atoms with Crippen molar-refractivity contribution < 1.29 is 23.1 Å². The Bertz CT molecular complexity index is 991. The van der Waals surface area contributed by atoms with E-state index in [1.165, 1.54) is 6.07 Å². The molecule has 0 unspecified atom stereocenters. The number of carboxylic acid groups (broad SMARTS) is 1. The van der Waals surface area contributed by atoms with Crippen LogP contribution in [-0.4, -0.2) is 49.4 Å². The number of nitrogens with zero attached hydrogens (tertiary/aromatic N) is 1. The minimum absolute atomic E-state index is 0.0299. The molecule has 1 atom stereocenters. The number of carbonyl (C=O) groups excluding carboxylic acids is 1. The molecule has 0 saturated heterocycles. The Morgan fingerprint density at radius 2 is 1.53 bits per heavy atom. The lowest BCUT2D eigenvalue weighted by molar-refractivity contribution is -0.142. The van der Waals surface area contributed by atoms with Crippen LogP contribution in [0.15, 0.2) is 47.4 Å². The third-order valence-electron chi connectivity index (χ3n) is 5.39. The van der Waals surface area contributed by atoms with Gasteiger partial charge < -0.3 is 10.0 Å². The molecule has 32 heavy (non-hydrogen) atoms. The summed E-state index contributed by atoms with van der Waals surface area (Å²) < 4.78 is 28.8. The summed E-state index contributed by atoms with van der Waals surface area (Å²) in [7, 11) is -4.12. The molecule has 0 spiro atoms. The van der Waals surface area contributed by atoms with Gasteiger partial charge in [0, 0.05) is 18.5 Å². The van der Waals surface area contributed by atoms with Crippen molar-refractivity contribution in [1.82, 2.24) is 9.62 Å². The quantitative estimate of drug-likeness (QED) is 0.410. The van der Waals surface area contributed by atoms with Crippen LogP contribution in [0.5, 0.6) is 0 Å². The van der Waals surface area contributed by atoms with Crippen molar-refractivity contribution >= 4 is 32.7 Å². The largest absolute Gasteiger partial charge is 0.481 e. The molecule has 0 aliphatic heterocycles. The first-order chi connectivity index (χ1) is 15.3. The Kier molecular flexibility index (Phi) is 10.1. The van der Waals surface area contributed by atoms with Crippen LogP contribution in [0.25, 0.3) is 10.8 Å². The first-order valence-electron chi connectivity index (χ1n) is 11.3. The number of nitrogens with one attached hydrogen (secondary N) is 1. The molecular weight excluding hydrogens is 428 g/mol. The molecule has 0 radical (unpaired) electrons. The monoisotopic (exact) mass is 462 g/mol. The number of hydrogen-bond donors (Lipinski definition) is 2. The highest BCUT2D eigenvalue weighted by atomic mass is 32.2. The molecule has 2 N–H and O–H groups in total. The molecule has 2 aromatic carbocycles. The van der Waals surface area contributed by atoms with E-state index in [9.17, 15) is 23.1 Å². The normalized spacial score (nSPS) is 12.6. The van der Waals surface area contributed by atoms with Crippen molar-refractivity contribution in [1.29, 1.82) is 0 Å². The number of benzene rings is 2. The number of amides is 1. The predicted octanol–water partition coefficient (Wildman–Crippen LogP) is 4.17. The number of fused-ring (bicyclic) bond motifs is 1. The van der Waals surface area contributed by atoms with E-state index in [0.29, 0.717) is 18.5 Å². The molecule has 0 bridgehead atoms. The maximum Gasteiger partial charge on any atom is 0.305 e. The van der Waals surface area contributed by atoms with Gasteiger partial charge in [-0.1, -0.05) is 75.9 Å². The predicted molar refractivity (Wildman–Crippen MR) is 126 cm³/mol. The molecule has 0 aliphatic rings. The summed E-state index contributed by atoms with van der Waals surface area (Å²) in [5, 5.41) is 10.6. The van der Waals surface area contributed by atoms with E-state index in [1.807, 2.05) is 6.07 Å². The molecule has 8 heteroatoms. The highest BCUT2D eigenvalue weighted by Crippen LogP contribution is 2.23. The van der Waals surface area contributed by atoms with Gasteiger partial charge in [-0.05, 0) is 24.3 Å². The number of hydrogen-bond acceptors (Lipinski definition) is 4. The number of rotatable bonds is 14. The molecule has 7 nitrogen and oxygen atoms in total. The number of carboxylic acids is 1. The zero-order valence-electron chi connectivity index (χ0n) is 18.9. The van der Waals surface area contributed by atoms with Gasteiger partial charge in [0.05, 0.1) is 11.3 Å². The van der Waals surface area contributed by atoms with E-state index >= 15 is 0 Å². The Balaban J connectivity index is 2.31. The Morgan fingerprint density at radius 1 is 0.938 bits per heavy atom. The van der Waals surface area contributed by atoms with Gasteiger partial charge in [0.1, 0.15) is 6.04 Å². The Morgan fingerprint density at radius 3 is 2.12 bits per heavy atom. The van der Waals surface area contributed by atoms with Crippen molar-refractivity contribution in [3.05, 3.63) is 42.5 Å². The van der Waals surface area contributed by atoms with Crippen molar-refractivity contribution in [2.45, 2.75) is 69.7 Å². The van der Waals surface area contributed by atoms with Crippen LogP contribution in [0, 0.1) is 0 Å². The SMILES string of the molecule is CCCCCN(CCCCC)C(=O)[C@H](CC(=O)O)NS(=O)(=O)c1cccc2ccccc12. The van der Waals surface area contributed by atoms with Crippen LogP contribution in [0.1, 0.15) is 58.8 Å². The third kappa shape index (κ3) is 7.31. The lowest BCUT2D eigenvalue weighted by Gasteiger charge is -2.27. The van der Waals surface area contributed by atoms with Crippen LogP contribution in [-0.2, 0) is 19.6 Å². The van der Waals surface area contributed by atoms with Crippen molar-refractivity contribution in [3.8, 4) is 0 Å². The fourth-order valence-electron chi connectivity index (χ4n) is 3.69. The highest BCUT2D eigenvalue weighted by Gasteiger charge is 2.31. The molecule has 176 valence electrons. The average molecular weight is 463 g/mol. The number of carbonyl (C=O) groups is 2. The minimum atomic E-state index is -4.12. The second-order valence-corrected chi connectivity index (χ2v) is 9.67. The molecule has 0 aliphatic carbocycles. The van der Waals surface area contributed by atoms with Gasteiger partial charge in [0.15, 0.2) is 0 Å². The van der Waals surface area contributed by atoms with Crippen LogP contribution in [0.2, 0.25) is 0 Å². The van der Waals surface area contributed by atoms with E-state index < -0.39 is 34.4 Å². The van der Waals surface area contributed by atoms with Gasteiger partial charge >= 0.3 is 5.97 Å². The summed E-state index contributed by atoms with van der Waals surface area (Å²) in [5.74, 6) is -1.71. The van der Waals surface area contributed by atoms with E-state index in [0.717, 1.165) is 43.9 Å². The second-order valence-electron chi connectivity index (χ2n) is 7.99. The van der Waals surface area contributed by atoms with Gasteiger partial charge in [-0.3, -0.25) is 9.59 Å². The van der Waals surface area contributed by atoms with E-state index in [4.69, 9.17) is 0 Å². The summed E-state index contributed by atoms with van der Waals surface area (Å²) >= 11 is 0. The lowest BCUT2D eigenvalue weighted by atomic mass is 10.1. The average Bonchev–Trinajstić information content (AvgIpc) is 2.76. The first-order valence-corrected chi connectivity index (χ1v) is 12.8. The highest BCUT2D eigenvalue weighted by molar-refractivity contribution is 7.89. The first kappa shape index (κ1) is 25.8. The zero-order valence-corrected chi connectivity index (χ0v) is 19.7. The summed E-state index contributed by atoms with van der Waals surface area (Å²) in [4.78, 5) is 26.4. The maximum atomic E-state index is 13.3. The van der Waals surface area contributed by atoms with Crippen LogP contribution < -0.4 is 4.72 Å². The van der Waals surface area contributed by atoms with Crippen molar-refractivity contribution in [2.75, 3.05) is 13.1 Å². The summed E-state index contributed by atoms with van der Waals surface area (Å²) in [5.41, 5.74) is 0. The van der Waals surface area contributed by atoms with Crippen molar-refractivity contribution in [2.24, 2.45) is 0 Å². The van der Waals surface area contributed by atoms with Crippen LogP contribution in [0.4, 0.5) is 0 Å². The van der Waals surface area contributed by atoms with E-state index in [2.05, 4.69) is 18.6 Å². The van der Waals surface area contributed by atoms with Crippen molar-refractivity contribution in [3.63, 3.8) is 0 Å². The zero-order chi connectivity index (χ0) is 23.6. The maximum absolute atomic E-state index is 13.3. The lowest BCUT2D eigenvalue weighted by Crippen LogP contribution is -2.50. The van der Waals surface area contributed by atoms with E-state index in [-0.39, 0.29) is 4.90 Å².